The van der Waals surface area contributed by atoms with Crippen LogP contribution in [-0.4, -0.2) is 44.1 Å². The lowest BCUT2D eigenvalue weighted by Gasteiger charge is -2.40. The molecule has 0 aromatic carbocycles. The Bertz CT molecular complexity index is 750. The molecule has 0 saturated heterocycles. The molecule has 1 rings (SSSR count). The molecule has 7 nitrogen and oxygen atoms in total. The highest BCUT2D eigenvalue weighted by Crippen LogP contribution is 2.41. The summed E-state index contributed by atoms with van der Waals surface area (Å²) in [7, 11) is -0.812. The Balaban J connectivity index is 3.20. The van der Waals surface area contributed by atoms with Gasteiger partial charge in [0.2, 0.25) is 0 Å². The second-order valence-electron chi connectivity index (χ2n) is 10.7. The van der Waals surface area contributed by atoms with Gasteiger partial charge >= 0.3 is 12.1 Å². The van der Waals surface area contributed by atoms with Gasteiger partial charge in [-0.25, -0.2) is 14.6 Å². The first-order valence-electron chi connectivity index (χ1n) is 10.7. The monoisotopic (exact) mass is 472 g/mol. The molecule has 178 valence electrons. The van der Waals surface area contributed by atoms with E-state index in [2.05, 4.69) is 44.2 Å². The fourth-order valence-electron chi connectivity index (χ4n) is 2.55. The molecule has 9 heteroatoms. The summed E-state index contributed by atoms with van der Waals surface area (Å²) in [5, 5.41) is 5.40. The lowest BCUT2D eigenvalue weighted by atomic mass is 9.98. The number of methoxy groups -OCH3 is 1. The van der Waals surface area contributed by atoms with Crippen LogP contribution in [0.15, 0.2) is 5.38 Å². The van der Waals surface area contributed by atoms with Crippen molar-refractivity contribution in [1.82, 2.24) is 10.3 Å². The maximum Gasteiger partial charge on any atom is 0.407 e. The number of ether oxygens (including phenoxy) is 2. The number of nitrogens with zero attached hydrogens (tertiary/aromatic N) is 1. The highest BCUT2D eigenvalue weighted by Gasteiger charge is 2.41. The fourth-order valence-corrected chi connectivity index (χ4v) is 4.74. The zero-order valence-electron chi connectivity index (χ0n) is 20.9. The molecule has 1 N–H and O–H groups in total. The molecule has 0 aliphatic rings. The number of nitrogens with one attached hydrogen (secondary N) is 1. The van der Waals surface area contributed by atoms with E-state index < -0.39 is 26.0 Å². The normalized spacial score (nSPS) is 14.8. The Morgan fingerprint density at radius 2 is 1.74 bits per heavy atom. The van der Waals surface area contributed by atoms with Crippen molar-refractivity contribution in [2.45, 2.75) is 97.7 Å². The maximum atomic E-state index is 12.4. The summed E-state index contributed by atoms with van der Waals surface area (Å²) in [5.74, 6) is -0.320. The number of carbonyl (C=O) groups excluding carboxylic acids is 2. The zero-order chi connectivity index (χ0) is 24.2. The van der Waals surface area contributed by atoms with Gasteiger partial charge in [0.05, 0.1) is 13.2 Å². The van der Waals surface area contributed by atoms with Crippen molar-refractivity contribution in [3.8, 4) is 0 Å². The van der Waals surface area contributed by atoms with Gasteiger partial charge in [-0.3, -0.25) is 0 Å². The summed E-state index contributed by atoms with van der Waals surface area (Å²) >= 11 is 1.38. The number of hydrogen-bond acceptors (Lipinski definition) is 7. The second-order valence-corrected chi connectivity index (χ2v) is 16.3. The van der Waals surface area contributed by atoms with Crippen LogP contribution in [-0.2, 0) is 13.9 Å². The number of aromatic nitrogens is 1. The Kier molecular flexibility index (Phi) is 9.29. The van der Waals surface area contributed by atoms with Crippen LogP contribution in [0, 0.1) is 5.92 Å². The van der Waals surface area contributed by atoms with E-state index in [1.165, 1.54) is 18.4 Å². The minimum absolute atomic E-state index is 0.000387. The minimum atomic E-state index is -2.15. The van der Waals surface area contributed by atoms with Crippen LogP contribution in [0.3, 0.4) is 0 Å². The van der Waals surface area contributed by atoms with E-state index >= 15 is 0 Å². The van der Waals surface area contributed by atoms with Crippen LogP contribution in [0.25, 0.3) is 0 Å². The van der Waals surface area contributed by atoms with E-state index in [4.69, 9.17) is 13.9 Å². The molecule has 1 aromatic rings. The molecule has 2 unspecified atom stereocenters. The number of rotatable bonds is 8. The fraction of sp³-hybridized carbons (Fsp3) is 0.773. The predicted molar refractivity (Wildman–Crippen MR) is 127 cm³/mol. The van der Waals surface area contributed by atoms with E-state index in [0.717, 1.165) is 0 Å². The van der Waals surface area contributed by atoms with Crippen LogP contribution >= 0.6 is 11.3 Å². The molecule has 0 aliphatic carbocycles. The van der Waals surface area contributed by atoms with Crippen molar-refractivity contribution in [3.63, 3.8) is 0 Å². The summed E-state index contributed by atoms with van der Waals surface area (Å²) in [6, 6.07) is -0.185. The van der Waals surface area contributed by atoms with Gasteiger partial charge in [-0.05, 0) is 51.2 Å². The largest absolute Gasteiger partial charge is 0.464 e. The van der Waals surface area contributed by atoms with Crippen molar-refractivity contribution >= 4 is 31.7 Å². The number of hydrogen-bond donors (Lipinski definition) is 1. The first-order valence-corrected chi connectivity index (χ1v) is 14.5. The second kappa shape index (κ2) is 10.4. The molecule has 1 aromatic heterocycles. The molecule has 31 heavy (non-hydrogen) atoms. The molecular formula is C22H40N2O5SSi. The minimum Gasteiger partial charge on any atom is -0.464 e. The molecular weight excluding hydrogens is 432 g/mol. The molecule has 0 aliphatic heterocycles. The molecule has 0 bridgehead atoms. The van der Waals surface area contributed by atoms with Crippen LogP contribution in [0.5, 0.6) is 0 Å². The molecule has 1 amide bonds. The van der Waals surface area contributed by atoms with Gasteiger partial charge in [0.1, 0.15) is 10.6 Å². The van der Waals surface area contributed by atoms with Gasteiger partial charge in [-0.1, -0.05) is 34.6 Å². The van der Waals surface area contributed by atoms with Gasteiger partial charge in [-0.2, -0.15) is 0 Å². The van der Waals surface area contributed by atoms with Crippen molar-refractivity contribution in [2.75, 3.05) is 7.11 Å². The predicted octanol–water partition coefficient (Wildman–Crippen LogP) is 5.93. The molecule has 0 spiro atoms. The van der Waals surface area contributed by atoms with Crippen molar-refractivity contribution in [3.05, 3.63) is 16.1 Å². The maximum absolute atomic E-state index is 12.4. The van der Waals surface area contributed by atoms with Crippen molar-refractivity contribution < 1.29 is 23.5 Å². The van der Waals surface area contributed by atoms with Crippen molar-refractivity contribution in [2.24, 2.45) is 5.92 Å². The van der Waals surface area contributed by atoms with Gasteiger partial charge in [-0.15, -0.1) is 11.3 Å². The highest BCUT2D eigenvalue weighted by atomic mass is 32.1. The Labute approximate surface area is 192 Å². The smallest absolute Gasteiger partial charge is 0.407 e. The molecule has 0 fully saturated rings. The zero-order valence-corrected chi connectivity index (χ0v) is 22.7. The average molecular weight is 473 g/mol. The Morgan fingerprint density at radius 3 is 2.19 bits per heavy atom. The van der Waals surface area contributed by atoms with Crippen LogP contribution in [0.2, 0.25) is 18.1 Å². The van der Waals surface area contributed by atoms with Crippen LogP contribution in [0.4, 0.5) is 4.79 Å². The number of alkyl carbamates (subject to hydrolysis) is 1. The third-order valence-corrected chi connectivity index (χ3v) is 10.8. The van der Waals surface area contributed by atoms with E-state index in [1.807, 2.05) is 34.6 Å². The highest BCUT2D eigenvalue weighted by molar-refractivity contribution is 7.09. The number of carbonyl (C=O) groups is 2. The quantitative estimate of drug-likeness (QED) is 0.372. The summed E-state index contributed by atoms with van der Waals surface area (Å²) in [6.07, 6.45) is -0.282. The molecule has 2 atom stereocenters. The lowest BCUT2D eigenvalue weighted by Crippen LogP contribution is -2.45. The molecule has 1 heterocycles. The van der Waals surface area contributed by atoms with Crippen LogP contribution < -0.4 is 5.32 Å². The number of esters is 1. The van der Waals surface area contributed by atoms with Crippen molar-refractivity contribution in [1.29, 1.82) is 0 Å². The summed E-state index contributed by atoms with van der Waals surface area (Å²) in [5.41, 5.74) is -0.305. The summed E-state index contributed by atoms with van der Waals surface area (Å²) in [4.78, 5) is 28.8. The van der Waals surface area contributed by atoms with Crippen LogP contribution in [0.1, 0.15) is 83.4 Å². The summed E-state index contributed by atoms with van der Waals surface area (Å²) < 4.78 is 17.0. The standard InChI is InChI=1S/C22H40N2O5SSi/c1-14(2)15(24-20(26)28-21(3,4)5)12-17(29-31(10,11)22(6,7)8)18-23-16(13-30-18)19(25)27-9/h13-15,17H,12H2,1-11H3,(H,24,26). The first kappa shape index (κ1) is 27.6. The van der Waals surface area contributed by atoms with E-state index in [-0.39, 0.29) is 28.8 Å². The number of amides is 1. The van der Waals surface area contributed by atoms with Gasteiger partial charge in [0.25, 0.3) is 0 Å². The SMILES string of the molecule is COC(=O)c1csc(C(CC(NC(=O)OC(C)(C)C)C(C)C)O[Si](C)(C)C(C)(C)C)n1. The topological polar surface area (TPSA) is 86.8 Å². The lowest BCUT2D eigenvalue weighted by molar-refractivity contribution is 0.0464. The van der Waals surface area contributed by atoms with Gasteiger partial charge in [0, 0.05) is 11.4 Å². The molecule has 0 saturated carbocycles. The van der Waals surface area contributed by atoms with E-state index in [1.54, 1.807) is 5.38 Å². The number of thiazole rings is 1. The van der Waals surface area contributed by atoms with Gasteiger partial charge in [0.15, 0.2) is 14.0 Å². The molecule has 0 radical (unpaired) electrons. The third-order valence-electron chi connectivity index (χ3n) is 5.41. The van der Waals surface area contributed by atoms with E-state index in [9.17, 15) is 9.59 Å². The van der Waals surface area contributed by atoms with Gasteiger partial charge < -0.3 is 19.2 Å². The Morgan fingerprint density at radius 1 is 1.16 bits per heavy atom. The first-order chi connectivity index (χ1) is 14.0. The average Bonchev–Trinajstić information content (AvgIpc) is 3.06. The van der Waals surface area contributed by atoms with E-state index in [0.29, 0.717) is 11.4 Å². The third kappa shape index (κ3) is 8.54. The Hall–Kier alpha value is -1.45. The summed E-state index contributed by atoms with van der Waals surface area (Å²) in [6.45, 7) is 20.5.